The number of fused-ring (bicyclic) bond motifs is 1. The first-order valence-electron chi connectivity index (χ1n) is 8.39. The van der Waals surface area contributed by atoms with Crippen molar-refractivity contribution in [2.45, 2.75) is 25.9 Å². The molecule has 1 N–H and O–H groups in total. The van der Waals surface area contributed by atoms with Crippen LogP contribution in [0.1, 0.15) is 19.8 Å². The Hall–Kier alpha value is -2.90. The molecule has 0 saturated carbocycles. The highest BCUT2D eigenvalue weighted by atomic mass is 16.6. The number of nitrogens with one attached hydrogen (secondary N) is 1. The van der Waals surface area contributed by atoms with Gasteiger partial charge in [0.2, 0.25) is 12.0 Å². The lowest BCUT2D eigenvalue weighted by atomic mass is 10.1. The third-order valence-corrected chi connectivity index (χ3v) is 4.68. The number of carbonyl (C=O) groups is 2. The second-order valence-electron chi connectivity index (χ2n) is 6.26. The van der Waals surface area contributed by atoms with Crippen molar-refractivity contribution in [2.75, 3.05) is 24.5 Å². The van der Waals surface area contributed by atoms with E-state index < -0.39 is 6.10 Å². The molecule has 4 rings (SSSR count). The first-order chi connectivity index (χ1) is 12.2. The van der Waals surface area contributed by atoms with Crippen LogP contribution in [0.15, 0.2) is 29.6 Å². The molecule has 0 unspecified atom stereocenters. The number of aromatic amines is 1. The molecule has 0 bridgehead atoms. The predicted molar refractivity (Wildman–Crippen MR) is 92.2 cm³/mol. The quantitative estimate of drug-likeness (QED) is 0.911. The van der Waals surface area contributed by atoms with Crippen LogP contribution in [0.4, 0.5) is 5.69 Å². The smallest absolute Gasteiger partial charge is 0.267 e. The minimum atomic E-state index is -0.586. The van der Waals surface area contributed by atoms with Crippen LogP contribution in [-0.2, 0) is 14.4 Å². The van der Waals surface area contributed by atoms with Crippen molar-refractivity contribution in [2.24, 2.45) is 5.16 Å². The molecule has 2 amide bonds. The van der Waals surface area contributed by atoms with Gasteiger partial charge in [0.25, 0.3) is 5.91 Å². The van der Waals surface area contributed by atoms with Gasteiger partial charge in [0.1, 0.15) is 6.54 Å². The van der Waals surface area contributed by atoms with Crippen LogP contribution < -0.4 is 4.90 Å². The van der Waals surface area contributed by atoms with Crippen molar-refractivity contribution < 1.29 is 14.4 Å². The highest BCUT2D eigenvalue weighted by Gasteiger charge is 2.35. The fraction of sp³-hybridized carbons (Fsp3) is 0.412. The van der Waals surface area contributed by atoms with Crippen molar-refractivity contribution >= 4 is 34.1 Å². The van der Waals surface area contributed by atoms with E-state index in [2.05, 4.69) is 15.4 Å². The molecule has 3 heterocycles. The summed E-state index contributed by atoms with van der Waals surface area (Å²) >= 11 is 0. The summed E-state index contributed by atoms with van der Waals surface area (Å²) in [6.07, 6.45) is 2.43. The molecule has 25 heavy (non-hydrogen) atoms. The first kappa shape index (κ1) is 15.6. The van der Waals surface area contributed by atoms with Crippen molar-refractivity contribution in [1.82, 2.24) is 15.1 Å². The second-order valence-corrected chi connectivity index (χ2v) is 6.26. The molecule has 2 aromatic rings. The Morgan fingerprint density at radius 2 is 2.28 bits per heavy atom. The summed E-state index contributed by atoms with van der Waals surface area (Å²) in [5.74, 6) is -0.262. The number of carbonyl (C=O) groups excluding carboxylic acids is 2. The third kappa shape index (κ3) is 2.84. The van der Waals surface area contributed by atoms with E-state index in [1.807, 2.05) is 25.1 Å². The van der Waals surface area contributed by atoms with E-state index in [0.29, 0.717) is 19.5 Å². The molecule has 2 aliphatic rings. The standard InChI is InChI=1S/C17H19N5O3/c1-2-12-8-15(25-20-12)17(24)21-5-6-22(16(23)10-21)13-3-4-14-11(7-13)9-18-19-14/h3-4,7,9,15H,2,5-6,8,10H2,1H3,(H,18,19)/t15-/m0/s1. The molecule has 1 fully saturated rings. The molecule has 0 aliphatic carbocycles. The number of H-pyrrole nitrogens is 1. The van der Waals surface area contributed by atoms with Gasteiger partial charge in [-0.2, -0.15) is 5.10 Å². The highest BCUT2D eigenvalue weighted by molar-refractivity contribution is 6.00. The molecular formula is C17H19N5O3. The number of rotatable bonds is 3. The maximum Gasteiger partial charge on any atom is 0.267 e. The van der Waals surface area contributed by atoms with E-state index in [9.17, 15) is 9.59 Å². The summed E-state index contributed by atoms with van der Waals surface area (Å²) in [5.41, 5.74) is 2.63. The average Bonchev–Trinajstić information content (AvgIpc) is 3.29. The summed E-state index contributed by atoms with van der Waals surface area (Å²) < 4.78 is 0. The van der Waals surface area contributed by atoms with Crippen LogP contribution in [0.5, 0.6) is 0 Å². The lowest BCUT2D eigenvalue weighted by molar-refractivity contribution is -0.145. The Kier molecular flexibility index (Phi) is 3.87. The largest absolute Gasteiger partial charge is 0.382 e. The number of piperazine rings is 1. The van der Waals surface area contributed by atoms with Crippen LogP contribution in [0, 0.1) is 0 Å². The zero-order chi connectivity index (χ0) is 17.4. The van der Waals surface area contributed by atoms with Gasteiger partial charge >= 0.3 is 0 Å². The number of hydrogen-bond donors (Lipinski definition) is 1. The summed E-state index contributed by atoms with van der Waals surface area (Å²) in [6.45, 7) is 2.98. The van der Waals surface area contributed by atoms with Gasteiger partial charge in [-0.05, 0) is 24.6 Å². The molecule has 1 aromatic heterocycles. The number of hydrogen-bond acceptors (Lipinski definition) is 5. The van der Waals surface area contributed by atoms with E-state index in [1.54, 1.807) is 16.0 Å². The van der Waals surface area contributed by atoms with Gasteiger partial charge in [-0.1, -0.05) is 12.1 Å². The maximum absolute atomic E-state index is 12.6. The molecule has 0 spiro atoms. The first-order valence-corrected chi connectivity index (χ1v) is 8.39. The molecule has 8 nitrogen and oxygen atoms in total. The van der Waals surface area contributed by atoms with Crippen molar-refractivity contribution in [1.29, 1.82) is 0 Å². The topological polar surface area (TPSA) is 90.9 Å². The van der Waals surface area contributed by atoms with Crippen molar-refractivity contribution in [3.8, 4) is 0 Å². The number of amides is 2. The molecular weight excluding hydrogens is 322 g/mol. The SMILES string of the molecule is CCC1=NO[C@H](C(=O)N2CCN(c3ccc4[nH]ncc4c3)C(=O)C2)C1. The lowest BCUT2D eigenvalue weighted by Crippen LogP contribution is -2.54. The Labute approximate surface area is 144 Å². The second kappa shape index (κ2) is 6.19. The fourth-order valence-electron chi connectivity index (χ4n) is 3.20. The number of benzene rings is 1. The van der Waals surface area contributed by atoms with Crippen molar-refractivity contribution in [3.05, 3.63) is 24.4 Å². The van der Waals surface area contributed by atoms with Crippen LogP contribution in [0.2, 0.25) is 0 Å². The predicted octanol–water partition coefficient (Wildman–Crippen LogP) is 1.29. The summed E-state index contributed by atoms with van der Waals surface area (Å²) in [6, 6.07) is 5.71. The van der Waals surface area contributed by atoms with E-state index in [0.717, 1.165) is 28.7 Å². The van der Waals surface area contributed by atoms with Gasteiger partial charge in [0, 0.05) is 30.6 Å². The fourth-order valence-corrected chi connectivity index (χ4v) is 3.20. The Morgan fingerprint density at radius 3 is 3.04 bits per heavy atom. The molecule has 1 aromatic carbocycles. The van der Waals surface area contributed by atoms with Crippen molar-refractivity contribution in [3.63, 3.8) is 0 Å². The minimum Gasteiger partial charge on any atom is -0.382 e. The van der Waals surface area contributed by atoms with Gasteiger partial charge in [-0.15, -0.1) is 0 Å². The summed E-state index contributed by atoms with van der Waals surface area (Å²) in [4.78, 5) is 33.6. The molecule has 0 radical (unpaired) electrons. The zero-order valence-corrected chi connectivity index (χ0v) is 13.9. The van der Waals surface area contributed by atoms with Crippen LogP contribution in [0.3, 0.4) is 0 Å². The number of anilines is 1. The normalized spacial score (nSPS) is 20.8. The van der Waals surface area contributed by atoms with Crippen LogP contribution in [-0.4, -0.2) is 58.4 Å². The Balaban J connectivity index is 1.43. The average molecular weight is 341 g/mol. The highest BCUT2D eigenvalue weighted by Crippen LogP contribution is 2.23. The molecule has 130 valence electrons. The molecule has 2 aliphatic heterocycles. The summed E-state index contributed by atoms with van der Waals surface area (Å²) in [5, 5.41) is 11.8. The Bertz CT molecular complexity index is 859. The monoisotopic (exact) mass is 341 g/mol. The van der Waals surface area contributed by atoms with E-state index in [1.165, 1.54) is 0 Å². The van der Waals surface area contributed by atoms with Crippen LogP contribution in [0.25, 0.3) is 10.9 Å². The number of nitrogens with zero attached hydrogens (tertiary/aromatic N) is 4. The minimum absolute atomic E-state index is 0.0591. The third-order valence-electron chi connectivity index (χ3n) is 4.68. The number of aromatic nitrogens is 2. The maximum atomic E-state index is 12.6. The van der Waals surface area contributed by atoms with E-state index in [-0.39, 0.29) is 18.4 Å². The van der Waals surface area contributed by atoms with Crippen LogP contribution >= 0.6 is 0 Å². The van der Waals surface area contributed by atoms with Gasteiger partial charge in [-0.25, -0.2) is 0 Å². The lowest BCUT2D eigenvalue weighted by Gasteiger charge is -2.35. The van der Waals surface area contributed by atoms with Gasteiger partial charge < -0.3 is 14.6 Å². The molecule has 8 heteroatoms. The number of oxime groups is 1. The van der Waals surface area contributed by atoms with Gasteiger partial charge in [0.15, 0.2) is 0 Å². The van der Waals surface area contributed by atoms with E-state index >= 15 is 0 Å². The van der Waals surface area contributed by atoms with E-state index in [4.69, 9.17) is 4.84 Å². The Morgan fingerprint density at radius 1 is 1.40 bits per heavy atom. The van der Waals surface area contributed by atoms with Gasteiger partial charge in [-0.3, -0.25) is 14.7 Å². The molecule has 1 saturated heterocycles. The zero-order valence-electron chi connectivity index (χ0n) is 13.9. The summed E-state index contributed by atoms with van der Waals surface area (Å²) in [7, 11) is 0. The van der Waals surface area contributed by atoms with Gasteiger partial charge in [0.05, 0.1) is 17.4 Å². The molecule has 1 atom stereocenters.